The van der Waals surface area contributed by atoms with E-state index in [-0.39, 0.29) is 17.7 Å². The quantitative estimate of drug-likeness (QED) is 0.408. The van der Waals surface area contributed by atoms with Crippen LogP contribution in [0.5, 0.6) is 17.2 Å². The van der Waals surface area contributed by atoms with Crippen LogP contribution in [0.3, 0.4) is 0 Å². The highest BCUT2D eigenvalue weighted by Crippen LogP contribution is 2.43. The number of anilines is 1. The predicted octanol–water partition coefficient (Wildman–Crippen LogP) is 2.42. The Morgan fingerprint density at radius 1 is 1.00 bits per heavy atom. The van der Waals surface area contributed by atoms with Gasteiger partial charge in [0.15, 0.2) is 11.5 Å². The Hall–Kier alpha value is -4.54. The number of carbonyl (C=O) groups is 2. The highest BCUT2D eigenvalue weighted by molar-refractivity contribution is 6.23. The number of H-pyrrole nitrogens is 2. The number of nitrogens with one attached hydrogen (secondary N) is 2. The molecule has 2 amide bonds. The first-order valence-electron chi connectivity index (χ1n) is 10.8. The number of fused-ring (bicyclic) bond motifs is 1. The van der Waals surface area contributed by atoms with Gasteiger partial charge in [-0.3, -0.25) is 19.5 Å². The predicted molar refractivity (Wildman–Crippen MR) is 127 cm³/mol. The minimum Gasteiger partial charge on any atom is -0.493 e. The van der Waals surface area contributed by atoms with Gasteiger partial charge in [0.1, 0.15) is 0 Å². The molecular weight excluding hydrogens is 454 g/mol. The van der Waals surface area contributed by atoms with Gasteiger partial charge in [0.2, 0.25) is 23.5 Å². The molecule has 1 fully saturated rings. The third kappa shape index (κ3) is 3.43. The summed E-state index contributed by atoms with van der Waals surface area (Å²) in [4.78, 5) is 48.4. The van der Waals surface area contributed by atoms with E-state index in [1.807, 2.05) is 24.3 Å². The maximum Gasteiger partial charge on any atom is 0.278 e. The Kier molecular flexibility index (Phi) is 5.31. The lowest BCUT2D eigenvalue weighted by molar-refractivity contribution is -0.121. The van der Waals surface area contributed by atoms with Crippen molar-refractivity contribution in [1.29, 1.82) is 0 Å². The third-order valence-electron chi connectivity index (χ3n) is 6.11. The van der Waals surface area contributed by atoms with Crippen LogP contribution in [0.4, 0.5) is 5.69 Å². The number of amides is 2. The first kappa shape index (κ1) is 22.3. The van der Waals surface area contributed by atoms with E-state index in [4.69, 9.17) is 14.2 Å². The van der Waals surface area contributed by atoms with Crippen molar-refractivity contribution >= 4 is 28.5 Å². The summed E-state index contributed by atoms with van der Waals surface area (Å²) in [6.07, 6.45) is -0.149. The van der Waals surface area contributed by atoms with E-state index < -0.39 is 23.3 Å². The Bertz CT molecular complexity index is 1470. The SMILES string of the molecule is COc1cc(N2C(=O)C[C@@H](c3c(C)[nH]n(-c4nc5ccccc5[nH]4)c3=O)C2=O)cc(OC)c1OC. The van der Waals surface area contributed by atoms with Crippen LogP contribution >= 0.6 is 0 Å². The Labute approximate surface area is 199 Å². The molecule has 0 aliphatic carbocycles. The normalized spacial score (nSPS) is 15.8. The van der Waals surface area contributed by atoms with E-state index >= 15 is 0 Å². The number of hydrogen-bond donors (Lipinski definition) is 2. The van der Waals surface area contributed by atoms with Crippen LogP contribution in [0.25, 0.3) is 17.0 Å². The van der Waals surface area contributed by atoms with Gasteiger partial charge in [0.05, 0.1) is 49.5 Å². The number of hydrogen-bond acceptors (Lipinski definition) is 7. The number of aromatic amines is 2. The first-order chi connectivity index (χ1) is 16.9. The Morgan fingerprint density at radius 3 is 2.31 bits per heavy atom. The number of benzene rings is 2. The van der Waals surface area contributed by atoms with Crippen molar-refractivity contribution in [3.05, 3.63) is 58.0 Å². The fourth-order valence-corrected chi connectivity index (χ4v) is 4.49. The van der Waals surface area contributed by atoms with Gasteiger partial charge in [0, 0.05) is 24.2 Å². The maximum absolute atomic E-state index is 13.5. The van der Waals surface area contributed by atoms with Crippen molar-refractivity contribution in [3.63, 3.8) is 0 Å². The molecule has 0 bridgehead atoms. The lowest BCUT2D eigenvalue weighted by Gasteiger charge is -2.19. The molecule has 4 aromatic rings. The number of nitrogens with zero attached hydrogens (tertiary/aromatic N) is 3. The number of aryl methyl sites for hydroxylation is 1. The minimum absolute atomic E-state index is 0.149. The summed E-state index contributed by atoms with van der Waals surface area (Å²) in [5.41, 5.74) is 1.99. The molecule has 2 aromatic carbocycles. The zero-order valence-electron chi connectivity index (χ0n) is 19.5. The van der Waals surface area contributed by atoms with Gasteiger partial charge in [-0.1, -0.05) is 12.1 Å². The van der Waals surface area contributed by atoms with Crippen LogP contribution in [-0.2, 0) is 9.59 Å². The lowest BCUT2D eigenvalue weighted by Crippen LogP contribution is -2.31. The number of ether oxygens (including phenoxy) is 3. The second-order valence-electron chi connectivity index (χ2n) is 8.08. The van der Waals surface area contributed by atoms with Crippen LogP contribution in [0.1, 0.15) is 23.6 Å². The summed E-state index contributed by atoms with van der Waals surface area (Å²) in [5.74, 6) is -0.666. The van der Waals surface area contributed by atoms with Crippen LogP contribution in [0.2, 0.25) is 0 Å². The van der Waals surface area contributed by atoms with Crippen LogP contribution < -0.4 is 24.7 Å². The zero-order chi connectivity index (χ0) is 24.9. The number of imidazole rings is 1. The molecule has 2 N–H and O–H groups in total. The summed E-state index contributed by atoms with van der Waals surface area (Å²) in [6.45, 7) is 1.69. The average molecular weight is 477 g/mol. The summed E-state index contributed by atoms with van der Waals surface area (Å²) >= 11 is 0. The molecular formula is C24H23N5O6. The van der Waals surface area contributed by atoms with E-state index in [9.17, 15) is 14.4 Å². The third-order valence-corrected chi connectivity index (χ3v) is 6.11. The molecule has 11 nitrogen and oxygen atoms in total. The van der Waals surface area contributed by atoms with Gasteiger partial charge in [-0.05, 0) is 19.1 Å². The van der Waals surface area contributed by atoms with Crippen molar-refractivity contribution in [3.8, 4) is 23.2 Å². The number of methoxy groups -OCH3 is 3. The largest absolute Gasteiger partial charge is 0.493 e. The number of aromatic nitrogens is 4. The molecule has 5 rings (SSSR count). The van der Waals surface area contributed by atoms with Crippen LogP contribution in [-0.4, -0.2) is 52.9 Å². The van der Waals surface area contributed by atoms with Crippen molar-refractivity contribution < 1.29 is 23.8 Å². The summed E-state index contributed by atoms with van der Waals surface area (Å²) in [7, 11) is 4.35. The summed E-state index contributed by atoms with van der Waals surface area (Å²) < 4.78 is 17.3. The zero-order valence-corrected chi connectivity index (χ0v) is 19.5. The lowest BCUT2D eigenvalue weighted by atomic mass is 9.98. The molecule has 0 unspecified atom stereocenters. The molecule has 11 heteroatoms. The molecule has 1 atom stereocenters. The van der Waals surface area contributed by atoms with Gasteiger partial charge < -0.3 is 19.2 Å². The molecule has 0 spiro atoms. The molecule has 1 saturated heterocycles. The standard InChI is InChI=1S/C24H23N5O6/c1-12-20(23(32)29(27-12)24-25-15-7-5-6-8-16(15)26-24)14-11-19(30)28(22(14)31)13-9-17(33-2)21(35-4)18(10-13)34-3/h5-10,14,27H,11H2,1-4H3,(H,25,26)/t14-/m0/s1. The fourth-order valence-electron chi connectivity index (χ4n) is 4.49. The first-order valence-corrected chi connectivity index (χ1v) is 10.8. The van der Waals surface area contributed by atoms with Crippen molar-refractivity contribution in [2.45, 2.75) is 19.3 Å². The van der Waals surface area contributed by atoms with Gasteiger partial charge in [-0.2, -0.15) is 4.68 Å². The molecule has 1 aliphatic rings. The van der Waals surface area contributed by atoms with Gasteiger partial charge in [-0.25, -0.2) is 9.88 Å². The summed E-state index contributed by atoms with van der Waals surface area (Å²) in [6, 6.07) is 10.4. The Balaban J connectivity index is 1.54. The molecule has 0 radical (unpaired) electrons. The minimum atomic E-state index is -0.948. The van der Waals surface area contributed by atoms with E-state index in [2.05, 4.69) is 15.1 Å². The topological polar surface area (TPSA) is 132 Å². The molecule has 35 heavy (non-hydrogen) atoms. The smallest absolute Gasteiger partial charge is 0.278 e. The van der Waals surface area contributed by atoms with Gasteiger partial charge in [0.25, 0.3) is 5.56 Å². The maximum atomic E-state index is 13.5. The Morgan fingerprint density at radius 2 is 1.69 bits per heavy atom. The summed E-state index contributed by atoms with van der Waals surface area (Å²) in [5, 5.41) is 2.98. The highest BCUT2D eigenvalue weighted by atomic mass is 16.5. The van der Waals surface area contributed by atoms with Crippen molar-refractivity contribution in [1.82, 2.24) is 19.7 Å². The van der Waals surface area contributed by atoms with Crippen molar-refractivity contribution in [2.75, 3.05) is 26.2 Å². The van der Waals surface area contributed by atoms with Crippen LogP contribution in [0.15, 0.2) is 41.2 Å². The van der Waals surface area contributed by atoms with Crippen molar-refractivity contribution in [2.24, 2.45) is 0 Å². The average Bonchev–Trinajstić information content (AvgIpc) is 3.50. The number of rotatable bonds is 6. The van der Waals surface area contributed by atoms with Crippen LogP contribution in [0, 0.1) is 6.92 Å². The number of carbonyl (C=O) groups excluding carboxylic acids is 2. The fraction of sp³-hybridized carbons (Fsp3) is 0.250. The van der Waals surface area contributed by atoms with E-state index in [0.29, 0.717) is 34.4 Å². The van der Waals surface area contributed by atoms with E-state index in [1.165, 1.54) is 38.1 Å². The molecule has 2 aromatic heterocycles. The van der Waals surface area contributed by atoms with Gasteiger partial charge in [-0.15, -0.1) is 0 Å². The van der Waals surface area contributed by atoms with Gasteiger partial charge >= 0.3 is 0 Å². The molecule has 3 heterocycles. The van der Waals surface area contributed by atoms with E-state index in [0.717, 1.165) is 10.4 Å². The van der Waals surface area contributed by atoms with E-state index in [1.54, 1.807) is 6.92 Å². The number of imide groups is 1. The number of para-hydroxylation sites is 2. The monoisotopic (exact) mass is 477 g/mol. The molecule has 0 saturated carbocycles. The highest BCUT2D eigenvalue weighted by Gasteiger charge is 2.43. The molecule has 1 aliphatic heterocycles. The second-order valence-corrected chi connectivity index (χ2v) is 8.08. The second kappa shape index (κ2) is 8.35. The molecule has 180 valence electrons.